The van der Waals surface area contributed by atoms with E-state index in [1.165, 1.54) is 25.3 Å². The lowest BCUT2D eigenvalue weighted by atomic mass is 10.1. The number of rotatable bonds is 5. The van der Waals surface area contributed by atoms with Crippen molar-refractivity contribution < 1.29 is 27.5 Å². The molecule has 25 heavy (non-hydrogen) atoms. The second kappa shape index (κ2) is 7.83. The van der Waals surface area contributed by atoms with Gasteiger partial charge in [0.15, 0.2) is 0 Å². The predicted octanol–water partition coefficient (Wildman–Crippen LogP) is 3.50. The van der Waals surface area contributed by atoms with E-state index in [0.29, 0.717) is 23.2 Å². The molecule has 7 heteroatoms. The highest BCUT2D eigenvalue weighted by molar-refractivity contribution is 5.83. The van der Waals surface area contributed by atoms with Gasteiger partial charge in [-0.25, -0.2) is 0 Å². The Kier molecular flexibility index (Phi) is 5.80. The highest BCUT2D eigenvalue weighted by Gasteiger charge is 2.31. The average molecular weight is 351 g/mol. The standard InChI is InChI=1S/C18H16F3NO3/c1-25-16-8-5-12(11-23)9-13(16)10-17(24)22-15-4-2-3-14(6-7-15)18(19,20)21/h3-9,11H,2,10H2,1H3,(H,22,24). The first kappa shape index (κ1) is 18.5. The average Bonchev–Trinajstić information content (AvgIpc) is 2.80. The summed E-state index contributed by atoms with van der Waals surface area (Å²) in [5.74, 6) is 0.0277. The molecule has 0 bridgehead atoms. The first-order valence-corrected chi connectivity index (χ1v) is 7.41. The second-order valence-corrected chi connectivity index (χ2v) is 5.30. The van der Waals surface area contributed by atoms with Gasteiger partial charge in [0.1, 0.15) is 12.0 Å². The van der Waals surface area contributed by atoms with Crippen LogP contribution < -0.4 is 10.1 Å². The summed E-state index contributed by atoms with van der Waals surface area (Å²) < 4.78 is 43.2. The number of nitrogens with one attached hydrogen (secondary N) is 1. The number of carbonyl (C=O) groups is 2. The first-order chi connectivity index (χ1) is 11.8. The van der Waals surface area contributed by atoms with Crippen molar-refractivity contribution >= 4 is 12.2 Å². The molecular weight excluding hydrogens is 335 g/mol. The summed E-state index contributed by atoms with van der Waals surface area (Å²) in [5.41, 5.74) is 0.437. The quantitative estimate of drug-likeness (QED) is 0.826. The van der Waals surface area contributed by atoms with Crippen molar-refractivity contribution in [2.45, 2.75) is 19.0 Å². The third-order valence-corrected chi connectivity index (χ3v) is 3.52. The minimum absolute atomic E-state index is 0.0569. The Morgan fingerprint density at radius 1 is 1.28 bits per heavy atom. The highest BCUT2D eigenvalue weighted by Crippen LogP contribution is 2.28. The molecule has 0 heterocycles. The number of ether oxygens (including phenoxy) is 1. The van der Waals surface area contributed by atoms with Gasteiger partial charge in [-0.2, -0.15) is 13.2 Å². The zero-order valence-electron chi connectivity index (χ0n) is 13.4. The summed E-state index contributed by atoms with van der Waals surface area (Å²) in [6, 6.07) is 4.68. The molecule has 132 valence electrons. The summed E-state index contributed by atoms with van der Waals surface area (Å²) in [6.45, 7) is 0. The number of methoxy groups -OCH3 is 1. The van der Waals surface area contributed by atoms with Gasteiger partial charge in [0.2, 0.25) is 5.91 Å². The molecule has 0 aromatic heterocycles. The fourth-order valence-corrected chi connectivity index (χ4v) is 2.32. The lowest BCUT2D eigenvalue weighted by Gasteiger charge is -2.10. The third-order valence-electron chi connectivity index (χ3n) is 3.52. The van der Waals surface area contributed by atoms with Gasteiger partial charge in [-0.3, -0.25) is 9.59 Å². The number of carbonyl (C=O) groups excluding carboxylic acids is 2. The van der Waals surface area contributed by atoms with E-state index in [9.17, 15) is 22.8 Å². The van der Waals surface area contributed by atoms with Crippen molar-refractivity contribution in [2.75, 3.05) is 7.11 Å². The smallest absolute Gasteiger partial charge is 0.416 e. The molecule has 1 aromatic rings. The van der Waals surface area contributed by atoms with E-state index in [2.05, 4.69) is 5.32 Å². The summed E-state index contributed by atoms with van der Waals surface area (Å²) in [6.07, 6.45) is 0.889. The Morgan fingerprint density at radius 3 is 2.68 bits per heavy atom. The molecule has 1 amide bonds. The first-order valence-electron chi connectivity index (χ1n) is 7.41. The SMILES string of the molecule is COc1ccc(C=O)cc1CC(=O)NC1=CCC=C(C(F)(F)F)C=C1. The normalized spacial score (nSPS) is 14.2. The summed E-state index contributed by atoms with van der Waals surface area (Å²) >= 11 is 0. The maximum atomic E-state index is 12.7. The zero-order chi connectivity index (χ0) is 18.4. The number of allylic oxidation sites excluding steroid dienone is 5. The van der Waals surface area contributed by atoms with Crippen LogP contribution >= 0.6 is 0 Å². The van der Waals surface area contributed by atoms with Gasteiger partial charge < -0.3 is 10.1 Å². The molecule has 0 spiro atoms. The van der Waals surface area contributed by atoms with Crippen molar-refractivity contribution in [2.24, 2.45) is 0 Å². The van der Waals surface area contributed by atoms with Crippen LogP contribution in [-0.2, 0) is 11.2 Å². The van der Waals surface area contributed by atoms with Gasteiger partial charge >= 0.3 is 6.18 Å². The van der Waals surface area contributed by atoms with Crippen molar-refractivity contribution in [1.29, 1.82) is 0 Å². The van der Waals surface area contributed by atoms with E-state index >= 15 is 0 Å². The number of amides is 1. The minimum atomic E-state index is -4.42. The minimum Gasteiger partial charge on any atom is -0.496 e. The molecule has 0 saturated heterocycles. The third kappa shape index (κ3) is 5.07. The fourth-order valence-electron chi connectivity index (χ4n) is 2.32. The van der Waals surface area contributed by atoms with Crippen LogP contribution in [0.2, 0.25) is 0 Å². The van der Waals surface area contributed by atoms with Gasteiger partial charge in [0, 0.05) is 16.8 Å². The molecule has 1 N–H and O–H groups in total. The second-order valence-electron chi connectivity index (χ2n) is 5.30. The topological polar surface area (TPSA) is 55.4 Å². The van der Waals surface area contributed by atoms with E-state index in [1.807, 2.05) is 0 Å². The molecule has 0 aliphatic heterocycles. The van der Waals surface area contributed by atoms with Crippen LogP contribution in [0.4, 0.5) is 13.2 Å². The number of hydrogen-bond donors (Lipinski definition) is 1. The van der Waals surface area contributed by atoms with E-state index < -0.39 is 17.7 Å². The maximum absolute atomic E-state index is 12.7. The number of benzene rings is 1. The summed E-state index contributed by atoms with van der Waals surface area (Å²) in [5, 5.41) is 2.56. The summed E-state index contributed by atoms with van der Waals surface area (Å²) in [7, 11) is 1.44. The van der Waals surface area contributed by atoms with Crippen LogP contribution in [-0.4, -0.2) is 25.5 Å². The van der Waals surface area contributed by atoms with Gasteiger partial charge in [-0.15, -0.1) is 0 Å². The van der Waals surface area contributed by atoms with Crippen LogP contribution in [0.25, 0.3) is 0 Å². The van der Waals surface area contributed by atoms with Gasteiger partial charge in [0.05, 0.1) is 19.1 Å². The molecule has 0 fully saturated rings. The molecule has 0 radical (unpaired) electrons. The van der Waals surface area contributed by atoms with E-state index in [4.69, 9.17) is 4.74 Å². The van der Waals surface area contributed by atoms with E-state index in [0.717, 1.165) is 12.2 Å². The lowest BCUT2D eigenvalue weighted by Crippen LogP contribution is -2.24. The fraction of sp³-hybridized carbons (Fsp3) is 0.222. The van der Waals surface area contributed by atoms with Crippen LogP contribution in [0, 0.1) is 0 Å². The molecule has 1 aliphatic rings. The largest absolute Gasteiger partial charge is 0.496 e. The van der Waals surface area contributed by atoms with Crippen LogP contribution in [0.3, 0.4) is 0 Å². The number of alkyl halides is 3. The van der Waals surface area contributed by atoms with E-state index in [-0.39, 0.29) is 18.5 Å². The molecule has 0 atom stereocenters. The van der Waals surface area contributed by atoms with E-state index in [1.54, 1.807) is 12.1 Å². The van der Waals surface area contributed by atoms with Gasteiger partial charge in [-0.1, -0.05) is 12.2 Å². The molecule has 1 aromatic carbocycles. The van der Waals surface area contributed by atoms with Crippen LogP contribution in [0.15, 0.2) is 53.8 Å². The predicted molar refractivity (Wildman–Crippen MR) is 86.2 cm³/mol. The van der Waals surface area contributed by atoms with Crippen molar-refractivity contribution in [3.8, 4) is 5.75 Å². The monoisotopic (exact) mass is 351 g/mol. The Hall–Kier alpha value is -2.83. The number of hydrogen-bond acceptors (Lipinski definition) is 3. The van der Waals surface area contributed by atoms with Crippen molar-refractivity contribution in [3.63, 3.8) is 0 Å². The maximum Gasteiger partial charge on any atom is 0.416 e. The zero-order valence-corrected chi connectivity index (χ0v) is 13.4. The lowest BCUT2D eigenvalue weighted by molar-refractivity contribution is -0.119. The Balaban J connectivity index is 2.07. The molecule has 2 rings (SSSR count). The molecular formula is C18H16F3NO3. The number of aldehydes is 1. The van der Waals surface area contributed by atoms with Crippen molar-refractivity contribution in [1.82, 2.24) is 5.32 Å². The van der Waals surface area contributed by atoms with Crippen molar-refractivity contribution in [3.05, 3.63) is 64.9 Å². The number of halogens is 3. The Morgan fingerprint density at radius 2 is 2.04 bits per heavy atom. The molecule has 0 unspecified atom stereocenters. The van der Waals surface area contributed by atoms with Gasteiger partial charge in [0.25, 0.3) is 0 Å². The van der Waals surface area contributed by atoms with Crippen LogP contribution in [0.5, 0.6) is 5.75 Å². The Bertz CT molecular complexity index is 761. The van der Waals surface area contributed by atoms with Gasteiger partial charge in [-0.05, 0) is 36.8 Å². The highest BCUT2D eigenvalue weighted by atomic mass is 19.4. The molecule has 1 aliphatic carbocycles. The Labute approximate surface area is 142 Å². The molecule has 0 saturated carbocycles. The molecule has 4 nitrogen and oxygen atoms in total. The van der Waals surface area contributed by atoms with Crippen LogP contribution in [0.1, 0.15) is 22.3 Å². The summed E-state index contributed by atoms with van der Waals surface area (Å²) in [4.78, 5) is 23.0.